The second kappa shape index (κ2) is 12.8. The summed E-state index contributed by atoms with van der Waals surface area (Å²) in [6, 6.07) is 10.7. The summed E-state index contributed by atoms with van der Waals surface area (Å²) in [6.07, 6.45) is 1.81. The minimum atomic E-state index is -0.378. The molecule has 1 atom stereocenters. The highest BCUT2D eigenvalue weighted by Crippen LogP contribution is 2.40. The quantitative estimate of drug-likeness (QED) is 0.422. The average molecular weight is 540 g/mol. The predicted molar refractivity (Wildman–Crippen MR) is 146 cm³/mol. The number of rotatable bonds is 10. The first-order valence-corrected chi connectivity index (χ1v) is 13.1. The fourth-order valence-corrected chi connectivity index (χ4v) is 5.13. The predicted octanol–water partition coefficient (Wildman–Crippen LogP) is 3.67. The van der Waals surface area contributed by atoms with Crippen LogP contribution >= 0.6 is 0 Å². The number of carbonyl (C=O) groups is 2. The van der Waals surface area contributed by atoms with E-state index in [1.165, 1.54) is 0 Å². The Hall–Kier alpha value is -3.79. The van der Waals surface area contributed by atoms with Gasteiger partial charge in [-0.2, -0.15) is 5.10 Å². The van der Waals surface area contributed by atoms with Crippen LogP contribution in [0.5, 0.6) is 23.0 Å². The van der Waals surface area contributed by atoms with E-state index in [1.807, 2.05) is 37.3 Å². The molecule has 1 fully saturated rings. The van der Waals surface area contributed by atoms with Crippen molar-refractivity contribution >= 4 is 17.6 Å². The highest BCUT2D eigenvalue weighted by atomic mass is 16.5. The lowest BCUT2D eigenvalue weighted by atomic mass is 9.96. The molecule has 1 saturated heterocycles. The van der Waals surface area contributed by atoms with Crippen LogP contribution in [-0.4, -0.2) is 82.2 Å². The molecule has 0 radical (unpaired) electrons. The molecular formula is C29H37N3O7. The highest BCUT2D eigenvalue weighted by molar-refractivity contribution is 6.05. The van der Waals surface area contributed by atoms with E-state index in [0.29, 0.717) is 62.0 Å². The first-order chi connectivity index (χ1) is 18.9. The monoisotopic (exact) mass is 539 g/mol. The van der Waals surface area contributed by atoms with Crippen molar-refractivity contribution in [2.75, 3.05) is 54.7 Å². The summed E-state index contributed by atoms with van der Waals surface area (Å²) in [5, 5.41) is 6.38. The molecule has 10 heteroatoms. The van der Waals surface area contributed by atoms with E-state index in [0.717, 1.165) is 16.8 Å². The molecule has 4 rings (SSSR count). The maximum Gasteiger partial charge on any atom is 0.309 e. The SMILES string of the molecule is CCOC(=O)C1CCN(CC(=O)N2N=C(c3ccc(OC)cc3OC)CC2c2ccc(OC)cc2OC)CC1. The maximum absolute atomic E-state index is 13.7. The number of carbonyl (C=O) groups excluding carboxylic acids is 2. The number of hydrazone groups is 1. The van der Waals surface area contributed by atoms with Crippen molar-refractivity contribution in [2.45, 2.75) is 32.2 Å². The Balaban J connectivity index is 1.60. The standard InChI is InChI=1S/C29H37N3O7/c1-6-39-29(34)19-11-13-31(14-12-19)18-28(33)32-25(23-10-8-21(36-3)16-27(23)38-5)17-24(30-32)22-9-7-20(35-2)15-26(22)37-4/h7-10,15-16,19,25H,6,11-14,17-18H2,1-5H3. The molecule has 210 valence electrons. The number of methoxy groups -OCH3 is 4. The molecular weight excluding hydrogens is 502 g/mol. The normalized spacial score (nSPS) is 17.9. The van der Waals surface area contributed by atoms with E-state index >= 15 is 0 Å². The minimum absolute atomic E-state index is 0.119. The number of amides is 1. The third-order valence-electron chi connectivity index (χ3n) is 7.25. The average Bonchev–Trinajstić information content (AvgIpc) is 3.42. The van der Waals surface area contributed by atoms with Gasteiger partial charge in [0.2, 0.25) is 0 Å². The van der Waals surface area contributed by atoms with Gasteiger partial charge in [-0.3, -0.25) is 14.5 Å². The number of piperidine rings is 1. The van der Waals surface area contributed by atoms with Crippen LogP contribution in [-0.2, 0) is 14.3 Å². The summed E-state index contributed by atoms with van der Waals surface area (Å²) < 4.78 is 27.2. The summed E-state index contributed by atoms with van der Waals surface area (Å²) >= 11 is 0. The van der Waals surface area contributed by atoms with Gasteiger partial charge >= 0.3 is 5.97 Å². The second-order valence-electron chi connectivity index (χ2n) is 9.48. The highest BCUT2D eigenvalue weighted by Gasteiger charge is 2.37. The van der Waals surface area contributed by atoms with Crippen LogP contribution in [0.2, 0.25) is 0 Å². The summed E-state index contributed by atoms with van der Waals surface area (Å²) in [6.45, 7) is 3.67. The minimum Gasteiger partial charge on any atom is -0.497 e. The lowest BCUT2D eigenvalue weighted by Crippen LogP contribution is -2.43. The van der Waals surface area contributed by atoms with E-state index in [4.69, 9.17) is 28.8 Å². The van der Waals surface area contributed by atoms with Gasteiger partial charge in [-0.25, -0.2) is 5.01 Å². The molecule has 0 saturated carbocycles. The summed E-state index contributed by atoms with van der Waals surface area (Å²) in [5.74, 6) is 2.16. The smallest absolute Gasteiger partial charge is 0.309 e. The molecule has 2 aliphatic rings. The fraction of sp³-hybridized carbons (Fsp3) is 0.483. The molecule has 2 aromatic rings. The Morgan fingerprint density at radius 3 is 2.15 bits per heavy atom. The number of ether oxygens (including phenoxy) is 5. The Morgan fingerprint density at radius 1 is 0.897 bits per heavy atom. The van der Waals surface area contributed by atoms with E-state index in [-0.39, 0.29) is 30.4 Å². The maximum atomic E-state index is 13.7. The van der Waals surface area contributed by atoms with Crippen LogP contribution in [0.15, 0.2) is 41.5 Å². The second-order valence-corrected chi connectivity index (χ2v) is 9.48. The lowest BCUT2D eigenvalue weighted by molar-refractivity contribution is -0.149. The van der Waals surface area contributed by atoms with Gasteiger partial charge in [0.05, 0.1) is 59.3 Å². The molecule has 0 aliphatic carbocycles. The van der Waals surface area contributed by atoms with Crippen molar-refractivity contribution in [1.82, 2.24) is 9.91 Å². The zero-order valence-corrected chi connectivity index (χ0v) is 23.3. The molecule has 0 spiro atoms. The molecule has 2 aliphatic heterocycles. The molecule has 0 N–H and O–H groups in total. The van der Waals surface area contributed by atoms with Crippen molar-refractivity contribution in [1.29, 1.82) is 0 Å². The first kappa shape index (κ1) is 28.2. The number of nitrogens with zero attached hydrogens (tertiary/aromatic N) is 3. The van der Waals surface area contributed by atoms with Gasteiger partial charge in [-0.15, -0.1) is 0 Å². The number of benzene rings is 2. The van der Waals surface area contributed by atoms with Crippen LogP contribution in [0.1, 0.15) is 43.4 Å². The lowest BCUT2D eigenvalue weighted by Gasteiger charge is -2.32. The topological polar surface area (TPSA) is 99.1 Å². The summed E-state index contributed by atoms with van der Waals surface area (Å²) in [7, 11) is 6.40. The van der Waals surface area contributed by atoms with Crippen LogP contribution in [0.3, 0.4) is 0 Å². The van der Waals surface area contributed by atoms with Crippen molar-refractivity contribution in [3.63, 3.8) is 0 Å². The van der Waals surface area contributed by atoms with E-state index in [2.05, 4.69) is 4.90 Å². The Bertz CT molecular complexity index is 1210. The molecule has 2 aromatic carbocycles. The van der Waals surface area contributed by atoms with Gasteiger partial charge in [0.25, 0.3) is 5.91 Å². The van der Waals surface area contributed by atoms with Gasteiger partial charge in [0.15, 0.2) is 0 Å². The molecule has 10 nitrogen and oxygen atoms in total. The van der Waals surface area contributed by atoms with E-state index in [1.54, 1.807) is 39.5 Å². The van der Waals surface area contributed by atoms with Gasteiger partial charge in [0, 0.05) is 29.7 Å². The number of esters is 1. The van der Waals surface area contributed by atoms with E-state index in [9.17, 15) is 9.59 Å². The largest absolute Gasteiger partial charge is 0.497 e. The molecule has 0 aromatic heterocycles. The molecule has 1 amide bonds. The van der Waals surface area contributed by atoms with Crippen LogP contribution in [0.4, 0.5) is 0 Å². The van der Waals surface area contributed by atoms with Crippen molar-refractivity contribution < 1.29 is 33.3 Å². The van der Waals surface area contributed by atoms with E-state index < -0.39 is 0 Å². The zero-order valence-electron chi connectivity index (χ0n) is 23.3. The molecule has 2 heterocycles. The summed E-state index contributed by atoms with van der Waals surface area (Å²) in [4.78, 5) is 27.9. The van der Waals surface area contributed by atoms with Gasteiger partial charge in [0.1, 0.15) is 23.0 Å². The number of likely N-dealkylation sites (tertiary alicyclic amines) is 1. The van der Waals surface area contributed by atoms with Gasteiger partial charge in [-0.05, 0) is 57.1 Å². The van der Waals surface area contributed by atoms with Crippen molar-refractivity contribution in [2.24, 2.45) is 11.0 Å². The van der Waals surface area contributed by atoms with Crippen molar-refractivity contribution in [3.8, 4) is 23.0 Å². The fourth-order valence-electron chi connectivity index (χ4n) is 5.13. The van der Waals surface area contributed by atoms with Crippen LogP contribution in [0.25, 0.3) is 0 Å². The van der Waals surface area contributed by atoms with Crippen LogP contribution in [0, 0.1) is 5.92 Å². The van der Waals surface area contributed by atoms with Crippen LogP contribution < -0.4 is 18.9 Å². The Kier molecular flexibility index (Phi) is 9.29. The van der Waals surface area contributed by atoms with Gasteiger partial charge < -0.3 is 23.7 Å². The number of hydrogen-bond donors (Lipinski definition) is 0. The first-order valence-electron chi connectivity index (χ1n) is 13.1. The molecule has 1 unspecified atom stereocenters. The summed E-state index contributed by atoms with van der Waals surface area (Å²) in [5.41, 5.74) is 2.35. The third kappa shape index (κ3) is 6.27. The number of hydrogen-bond acceptors (Lipinski definition) is 9. The van der Waals surface area contributed by atoms with Gasteiger partial charge in [-0.1, -0.05) is 0 Å². The van der Waals surface area contributed by atoms with Crippen molar-refractivity contribution in [3.05, 3.63) is 47.5 Å². The molecule has 0 bridgehead atoms. The zero-order chi connectivity index (χ0) is 27.9. The molecule has 39 heavy (non-hydrogen) atoms. The Labute approximate surface area is 229 Å². The Morgan fingerprint density at radius 2 is 1.54 bits per heavy atom. The third-order valence-corrected chi connectivity index (χ3v) is 7.25.